The van der Waals surface area contributed by atoms with Crippen LogP contribution in [0.2, 0.25) is 0 Å². The highest BCUT2D eigenvalue weighted by atomic mass is 16.2. The summed E-state index contributed by atoms with van der Waals surface area (Å²) in [7, 11) is 1.93. The molecule has 2 N–H and O–H groups in total. The highest BCUT2D eigenvalue weighted by Gasteiger charge is 2.29. The van der Waals surface area contributed by atoms with Crippen molar-refractivity contribution in [1.82, 2.24) is 25.1 Å². The lowest BCUT2D eigenvalue weighted by atomic mass is 9.90. The van der Waals surface area contributed by atoms with E-state index in [1.807, 2.05) is 11.9 Å². The molecule has 3 aliphatic heterocycles. The zero-order valence-corrected chi connectivity index (χ0v) is 19.7. The van der Waals surface area contributed by atoms with E-state index in [0.29, 0.717) is 19.0 Å². The molecule has 0 radical (unpaired) electrons. The summed E-state index contributed by atoms with van der Waals surface area (Å²) in [5.41, 5.74) is 3.63. The monoisotopic (exact) mass is 448 g/mol. The minimum Gasteiger partial charge on any atom is -0.373 e. The fraction of sp³-hybridized carbons (Fsp3) is 0.577. The first-order chi connectivity index (χ1) is 16.2. The lowest BCUT2D eigenvalue weighted by molar-refractivity contribution is -0.133. The van der Waals surface area contributed by atoms with Crippen LogP contribution in [0.5, 0.6) is 0 Å². The SMILES string of the molecule is CNc1nc(C2CCNC2)nc2c1CCN(C(=O)CN1CCC(Cc3ccccc3)CC1)C2. The third kappa shape index (κ3) is 5.20. The smallest absolute Gasteiger partial charge is 0.237 e. The number of piperidine rings is 1. The van der Waals surface area contributed by atoms with Crippen LogP contribution in [0.4, 0.5) is 5.82 Å². The fourth-order valence-corrected chi connectivity index (χ4v) is 5.51. The Labute approximate surface area is 197 Å². The Morgan fingerprint density at radius 3 is 2.67 bits per heavy atom. The van der Waals surface area contributed by atoms with Crippen molar-refractivity contribution in [3.63, 3.8) is 0 Å². The van der Waals surface area contributed by atoms with Crippen molar-refractivity contribution in [3.8, 4) is 0 Å². The van der Waals surface area contributed by atoms with Crippen LogP contribution in [-0.4, -0.2) is 72.0 Å². The van der Waals surface area contributed by atoms with Crippen LogP contribution in [0.25, 0.3) is 0 Å². The molecule has 4 heterocycles. The van der Waals surface area contributed by atoms with Crippen molar-refractivity contribution < 1.29 is 4.79 Å². The van der Waals surface area contributed by atoms with E-state index in [1.54, 1.807) is 0 Å². The lowest BCUT2D eigenvalue weighted by Crippen LogP contribution is -2.45. The van der Waals surface area contributed by atoms with E-state index in [4.69, 9.17) is 9.97 Å². The molecular weight excluding hydrogens is 412 g/mol. The van der Waals surface area contributed by atoms with Crippen LogP contribution in [0.1, 0.15) is 47.8 Å². The summed E-state index contributed by atoms with van der Waals surface area (Å²) in [6.45, 7) is 5.85. The summed E-state index contributed by atoms with van der Waals surface area (Å²) in [6, 6.07) is 10.8. The van der Waals surface area contributed by atoms with Gasteiger partial charge < -0.3 is 15.5 Å². The molecule has 1 aromatic heterocycles. The van der Waals surface area contributed by atoms with Crippen LogP contribution in [-0.2, 0) is 24.2 Å². The van der Waals surface area contributed by atoms with Gasteiger partial charge in [0.05, 0.1) is 18.8 Å². The van der Waals surface area contributed by atoms with Crippen molar-refractivity contribution in [2.45, 2.75) is 44.6 Å². The summed E-state index contributed by atoms with van der Waals surface area (Å²) < 4.78 is 0. The van der Waals surface area contributed by atoms with Gasteiger partial charge in [-0.25, -0.2) is 9.97 Å². The van der Waals surface area contributed by atoms with E-state index in [0.717, 1.165) is 75.2 Å². The predicted octanol–water partition coefficient (Wildman–Crippen LogP) is 2.43. The van der Waals surface area contributed by atoms with E-state index in [9.17, 15) is 4.79 Å². The van der Waals surface area contributed by atoms with Crippen molar-refractivity contribution >= 4 is 11.7 Å². The van der Waals surface area contributed by atoms with E-state index < -0.39 is 0 Å². The minimum absolute atomic E-state index is 0.232. The van der Waals surface area contributed by atoms with Gasteiger partial charge >= 0.3 is 0 Å². The van der Waals surface area contributed by atoms with Gasteiger partial charge in [-0.2, -0.15) is 0 Å². The molecule has 2 saturated heterocycles. The quantitative estimate of drug-likeness (QED) is 0.707. The third-order valence-corrected chi connectivity index (χ3v) is 7.53. The first-order valence-electron chi connectivity index (χ1n) is 12.5. The molecule has 1 amide bonds. The Bertz CT molecular complexity index is 951. The second-order valence-corrected chi connectivity index (χ2v) is 9.77. The standard InChI is InChI=1S/C26H36N6O/c1-27-26-22-10-14-32(17-23(22)29-25(30-26)21-7-11-28-16-21)24(33)18-31-12-8-20(9-13-31)15-19-5-3-2-4-6-19/h2-6,20-21,28H,7-18H2,1H3,(H,27,29,30). The number of amides is 1. The summed E-state index contributed by atoms with van der Waals surface area (Å²) in [5.74, 6) is 3.18. The number of hydrogen-bond donors (Lipinski definition) is 2. The molecule has 176 valence electrons. The van der Waals surface area contributed by atoms with Crippen LogP contribution >= 0.6 is 0 Å². The molecule has 0 bridgehead atoms. The molecule has 5 rings (SSSR count). The number of anilines is 1. The van der Waals surface area contributed by atoms with Gasteiger partial charge in [0.15, 0.2) is 0 Å². The number of carbonyl (C=O) groups is 1. The average molecular weight is 449 g/mol. The largest absolute Gasteiger partial charge is 0.373 e. The highest BCUT2D eigenvalue weighted by Crippen LogP contribution is 2.28. The number of rotatable bonds is 6. The van der Waals surface area contributed by atoms with Crippen molar-refractivity contribution in [1.29, 1.82) is 0 Å². The number of hydrogen-bond acceptors (Lipinski definition) is 6. The zero-order valence-electron chi connectivity index (χ0n) is 19.7. The second-order valence-electron chi connectivity index (χ2n) is 9.77. The lowest BCUT2D eigenvalue weighted by Gasteiger charge is -2.34. The number of nitrogens with zero attached hydrogens (tertiary/aromatic N) is 4. The van der Waals surface area contributed by atoms with E-state index in [-0.39, 0.29) is 5.91 Å². The molecule has 7 nitrogen and oxygen atoms in total. The number of carbonyl (C=O) groups excluding carboxylic acids is 1. The predicted molar refractivity (Wildman–Crippen MR) is 130 cm³/mol. The van der Waals surface area contributed by atoms with Gasteiger partial charge in [0, 0.05) is 31.6 Å². The molecule has 2 fully saturated rings. The van der Waals surface area contributed by atoms with Gasteiger partial charge in [-0.05, 0) is 63.2 Å². The number of benzene rings is 1. The van der Waals surface area contributed by atoms with Gasteiger partial charge in [0.1, 0.15) is 11.6 Å². The number of likely N-dealkylation sites (tertiary alicyclic amines) is 1. The summed E-state index contributed by atoms with van der Waals surface area (Å²) in [6.07, 6.45) is 5.38. The average Bonchev–Trinajstić information content (AvgIpc) is 3.40. The molecule has 2 aromatic rings. The Balaban J connectivity index is 1.17. The molecule has 1 aromatic carbocycles. The number of aromatic nitrogens is 2. The molecule has 3 aliphatic rings. The molecule has 0 aliphatic carbocycles. The van der Waals surface area contributed by atoms with Gasteiger partial charge in [-0.1, -0.05) is 30.3 Å². The van der Waals surface area contributed by atoms with E-state index >= 15 is 0 Å². The number of fused-ring (bicyclic) bond motifs is 1. The molecular formula is C26H36N6O. The zero-order chi connectivity index (χ0) is 22.6. The van der Waals surface area contributed by atoms with Crippen LogP contribution in [0.3, 0.4) is 0 Å². The molecule has 1 unspecified atom stereocenters. The molecule has 1 atom stereocenters. The van der Waals surface area contributed by atoms with Crippen LogP contribution < -0.4 is 10.6 Å². The topological polar surface area (TPSA) is 73.4 Å². The van der Waals surface area contributed by atoms with Gasteiger partial charge in [0.25, 0.3) is 0 Å². The Morgan fingerprint density at radius 2 is 1.94 bits per heavy atom. The maximum atomic E-state index is 13.2. The maximum absolute atomic E-state index is 13.2. The Hall–Kier alpha value is -2.51. The van der Waals surface area contributed by atoms with Gasteiger partial charge in [-0.15, -0.1) is 0 Å². The number of nitrogens with one attached hydrogen (secondary N) is 2. The fourth-order valence-electron chi connectivity index (χ4n) is 5.51. The van der Waals surface area contributed by atoms with Gasteiger partial charge in [-0.3, -0.25) is 9.69 Å². The summed E-state index contributed by atoms with van der Waals surface area (Å²) in [4.78, 5) is 27.2. The normalized spacial score (nSPS) is 21.7. The first-order valence-corrected chi connectivity index (χ1v) is 12.5. The van der Waals surface area contributed by atoms with Crippen LogP contribution in [0, 0.1) is 5.92 Å². The molecule has 0 saturated carbocycles. The van der Waals surface area contributed by atoms with E-state index in [2.05, 4.69) is 45.9 Å². The van der Waals surface area contributed by atoms with Crippen molar-refractivity contribution in [3.05, 3.63) is 53.0 Å². The highest BCUT2D eigenvalue weighted by molar-refractivity contribution is 5.78. The summed E-state index contributed by atoms with van der Waals surface area (Å²) >= 11 is 0. The minimum atomic E-state index is 0.232. The van der Waals surface area contributed by atoms with Crippen molar-refractivity contribution in [2.75, 3.05) is 51.6 Å². The molecule has 7 heteroatoms. The summed E-state index contributed by atoms with van der Waals surface area (Å²) in [5, 5.41) is 6.67. The van der Waals surface area contributed by atoms with Gasteiger partial charge in [0.2, 0.25) is 5.91 Å². The molecule has 0 spiro atoms. The first kappa shape index (κ1) is 22.3. The Kier molecular flexibility index (Phi) is 6.88. The van der Waals surface area contributed by atoms with Crippen LogP contribution in [0.15, 0.2) is 30.3 Å². The van der Waals surface area contributed by atoms with E-state index in [1.165, 1.54) is 24.0 Å². The maximum Gasteiger partial charge on any atom is 0.237 e. The second kappa shape index (κ2) is 10.2. The third-order valence-electron chi connectivity index (χ3n) is 7.53. The molecule has 33 heavy (non-hydrogen) atoms. The Morgan fingerprint density at radius 1 is 1.12 bits per heavy atom. The van der Waals surface area contributed by atoms with Crippen molar-refractivity contribution in [2.24, 2.45) is 5.92 Å².